The van der Waals surface area contributed by atoms with Gasteiger partial charge in [0.25, 0.3) is 0 Å². The summed E-state index contributed by atoms with van der Waals surface area (Å²) in [5.41, 5.74) is 0.719. The van der Waals surface area contributed by atoms with E-state index in [0.29, 0.717) is 12.2 Å². The molecule has 0 aliphatic heterocycles. The molecule has 20 heavy (non-hydrogen) atoms. The molecule has 0 saturated carbocycles. The summed E-state index contributed by atoms with van der Waals surface area (Å²) in [5.74, 6) is -0.134. The molecule has 1 aromatic heterocycles. The summed E-state index contributed by atoms with van der Waals surface area (Å²) in [6.45, 7) is 1.73. The van der Waals surface area contributed by atoms with E-state index in [1.54, 1.807) is 50.7 Å². The number of aromatic nitrogens is 1. The minimum Gasteiger partial charge on any atom is -0.497 e. The van der Waals surface area contributed by atoms with Gasteiger partial charge in [0.2, 0.25) is 0 Å². The van der Waals surface area contributed by atoms with Gasteiger partial charge in [0, 0.05) is 12.4 Å². The van der Waals surface area contributed by atoms with E-state index in [4.69, 9.17) is 4.74 Å². The molecule has 1 unspecified atom stereocenters. The number of pyridine rings is 1. The van der Waals surface area contributed by atoms with Gasteiger partial charge in [-0.2, -0.15) is 0 Å². The Balaban J connectivity index is 2.35. The van der Waals surface area contributed by atoms with E-state index in [9.17, 15) is 9.90 Å². The summed E-state index contributed by atoms with van der Waals surface area (Å²) in [6.07, 6.45) is 3.76. The maximum atomic E-state index is 11.7. The van der Waals surface area contributed by atoms with Crippen LogP contribution in [-0.4, -0.2) is 23.2 Å². The van der Waals surface area contributed by atoms with Crippen molar-refractivity contribution in [3.63, 3.8) is 0 Å². The Labute approximate surface area is 118 Å². The molecule has 2 rings (SSSR count). The molecule has 0 amide bonds. The molecule has 0 fully saturated rings. The molecule has 1 aromatic carbocycles. The van der Waals surface area contributed by atoms with Crippen LogP contribution in [0.15, 0.2) is 48.8 Å². The van der Waals surface area contributed by atoms with Gasteiger partial charge in [0.1, 0.15) is 5.75 Å². The minimum absolute atomic E-state index is 0.414. The summed E-state index contributed by atoms with van der Waals surface area (Å²) in [4.78, 5) is 15.7. The van der Waals surface area contributed by atoms with Gasteiger partial charge in [-0.3, -0.25) is 9.78 Å². The van der Waals surface area contributed by atoms with Crippen LogP contribution in [0.3, 0.4) is 0 Å². The SMILES string of the molecule is COc1ccc(C(C)(Cc2ccncc2)C(=O)O)cc1. The van der Waals surface area contributed by atoms with Crippen LogP contribution in [-0.2, 0) is 16.6 Å². The number of hydrogen-bond donors (Lipinski definition) is 1. The maximum Gasteiger partial charge on any atom is 0.314 e. The lowest BCUT2D eigenvalue weighted by Gasteiger charge is -2.25. The van der Waals surface area contributed by atoms with Crippen molar-refractivity contribution in [3.05, 3.63) is 59.9 Å². The quantitative estimate of drug-likeness (QED) is 0.908. The molecule has 1 N–H and O–H groups in total. The van der Waals surface area contributed by atoms with E-state index in [2.05, 4.69) is 4.98 Å². The fourth-order valence-corrected chi connectivity index (χ4v) is 2.17. The predicted molar refractivity (Wildman–Crippen MR) is 75.9 cm³/mol. The zero-order valence-corrected chi connectivity index (χ0v) is 11.5. The minimum atomic E-state index is -0.979. The van der Waals surface area contributed by atoms with Gasteiger partial charge < -0.3 is 9.84 Å². The highest BCUT2D eigenvalue weighted by Crippen LogP contribution is 2.30. The number of carboxylic acids is 1. The number of ether oxygens (including phenoxy) is 1. The summed E-state index contributed by atoms with van der Waals surface area (Å²) < 4.78 is 5.10. The lowest BCUT2D eigenvalue weighted by Crippen LogP contribution is -2.34. The molecule has 2 aromatic rings. The third-order valence-corrected chi connectivity index (χ3v) is 3.51. The molecule has 0 aliphatic carbocycles. The Morgan fingerprint density at radius 3 is 2.30 bits per heavy atom. The normalized spacial score (nSPS) is 13.5. The van der Waals surface area contributed by atoms with Gasteiger partial charge in [-0.15, -0.1) is 0 Å². The second kappa shape index (κ2) is 5.74. The molecular formula is C16H17NO3. The van der Waals surface area contributed by atoms with Crippen LogP contribution in [0.5, 0.6) is 5.75 Å². The fourth-order valence-electron chi connectivity index (χ4n) is 2.17. The van der Waals surface area contributed by atoms with Crippen LogP contribution in [0.1, 0.15) is 18.1 Å². The van der Waals surface area contributed by atoms with Gasteiger partial charge >= 0.3 is 5.97 Å². The lowest BCUT2D eigenvalue weighted by atomic mass is 9.77. The van der Waals surface area contributed by atoms with Crippen LogP contribution >= 0.6 is 0 Å². The fraction of sp³-hybridized carbons (Fsp3) is 0.250. The zero-order valence-electron chi connectivity index (χ0n) is 11.5. The van der Waals surface area contributed by atoms with E-state index in [-0.39, 0.29) is 0 Å². The van der Waals surface area contributed by atoms with E-state index in [1.807, 2.05) is 12.1 Å². The summed E-state index contributed by atoms with van der Waals surface area (Å²) in [7, 11) is 1.59. The highest BCUT2D eigenvalue weighted by molar-refractivity contribution is 5.81. The first kappa shape index (κ1) is 14.1. The molecule has 1 atom stereocenters. The highest BCUT2D eigenvalue weighted by Gasteiger charge is 2.35. The van der Waals surface area contributed by atoms with Crippen LogP contribution < -0.4 is 4.74 Å². The topological polar surface area (TPSA) is 59.4 Å². The van der Waals surface area contributed by atoms with Gasteiger partial charge in [0.15, 0.2) is 0 Å². The number of nitrogens with zero attached hydrogens (tertiary/aromatic N) is 1. The first-order valence-electron chi connectivity index (χ1n) is 6.33. The van der Waals surface area contributed by atoms with Crippen LogP contribution in [0.25, 0.3) is 0 Å². The Morgan fingerprint density at radius 1 is 1.20 bits per heavy atom. The molecule has 0 aliphatic rings. The monoisotopic (exact) mass is 271 g/mol. The largest absolute Gasteiger partial charge is 0.497 e. The highest BCUT2D eigenvalue weighted by atomic mass is 16.5. The number of carboxylic acid groups (broad SMARTS) is 1. The number of aliphatic carboxylic acids is 1. The molecule has 0 radical (unpaired) electrons. The maximum absolute atomic E-state index is 11.7. The zero-order chi connectivity index (χ0) is 14.6. The molecule has 104 valence electrons. The van der Waals surface area contributed by atoms with Gasteiger partial charge in [-0.05, 0) is 48.7 Å². The molecule has 0 saturated heterocycles. The van der Waals surface area contributed by atoms with Crippen molar-refractivity contribution in [2.75, 3.05) is 7.11 Å². The van der Waals surface area contributed by atoms with Gasteiger partial charge in [-0.25, -0.2) is 0 Å². The van der Waals surface area contributed by atoms with E-state index < -0.39 is 11.4 Å². The first-order chi connectivity index (χ1) is 9.56. The van der Waals surface area contributed by atoms with Crippen LogP contribution in [0, 0.1) is 0 Å². The number of methoxy groups -OCH3 is 1. The second-order valence-corrected chi connectivity index (χ2v) is 4.90. The molecule has 0 bridgehead atoms. The summed E-state index contributed by atoms with van der Waals surface area (Å²) >= 11 is 0. The molecular weight excluding hydrogens is 254 g/mol. The Hall–Kier alpha value is -2.36. The second-order valence-electron chi connectivity index (χ2n) is 4.90. The third kappa shape index (κ3) is 2.79. The van der Waals surface area contributed by atoms with Crippen LogP contribution in [0.2, 0.25) is 0 Å². The third-order valence-electron chi connectivity index (χ3n) is 3.51. The smallest absolute Gasteiger partial charge is 0.314 e. The first-order valence-corrected chi connectivity index (χ1v) is 6.33. The lowest BCUT2D eigenvalue weighted by molar-refractivity contribution is -0.143. The Bertz CT molecular complexity index is 580. The Kier molecular flexibility index (Phi) is 4.03. The van der Waals surface area contributed by atoms with Crippen molar-refractivity contribution in [2.24, 2.45) is 0 Å². The van der Waals surface area contributed by atoms with Crippen molar-refractivity contribution in [2.45, 2.75) is 18.8 Å². The standard InChI is InChI=1S/C16H17NO3/c1-16(15(18)19,11-12-7-9-17-10-8-12)13-3-5-14(20-2)6-4-13/h3-10H,11H2,1-2H3,(H,18,19). The van der Waals surface area contributed by atoms with Crippen molar-refractivity contribution >= 4 is 5.97 Å². The van der Waals surface area contributed by atoms with Crippen molar-refractivity contribution in [1.82, 2.24) is 4.98 Å². The molecule has 4 nitrogen and oxygen atoms in total. The molecule has 0 spiro atoms. The number of rotatable bonds is 5. The van der Waals surface area contributed by atoms with E-state index in [1.165, 1.54) is 0 Å². The van der Waals surface area contributed by atoms with Crippen molar-refractivity contribution in [3.8, 4) is 5.75 Å². The molecule has 1 heterocycles. The van der Waals surface area contributed by atoms with Gasteiger partial charge in [0.05, 0.1) is 12.5 Å². The van der Waals surface area contributed by atoms with E-state index in [0.717, 1.165) is 11.1 Å². The molecule has 4 heteroatoms. The number of benzene rings is 1. The van der Waals surface area contributed by atoms with Crippen LogP contribution in [0.4, 0.5) is 0 Å². The van der Waals surface area contributed by atoms with Crippen molar-refractivity contribution < 1.29 is 14.6 Å². The predicted octanol–water partition coefficient (Wildman–Crippen LogP) is 2.68. The van der Waals surface area contributed by atoms with E-state index >= 15 is 0 Å². The number of carbonyl (C=O) groups is 1. The average Bonchev–Trinajstić information content (AvgIpc) is 2.48. The summed E-state index contributed by atoms with van der Waals surface area (Å²) in [6, 6.07) is 10.8. The average molecular weight is 271 g/mol. The van der Waals surface area contributed by atoms with Crippen molar-refractivity contribution in [1.29, 1.82) is 0 Å². The number of hydrogen-bond acceptors (Lipinski definition) is 3. The summed E-state index contributed by atoms with van der Waals surface area (Å²) in [5, 5.41) is 9.63. The van der Waals surface area contributed by atoms with Gasteiger partial charge in [-0.1, -0.05) is 12.1 Å². The Morgan fingerprint density at radius 2 is 1.80 bits per heavy atom.